The van der Waals surface area contributed by atoms with Gasteiger partial charge in [-0.15, -0.1) is 0 Å². The van der Waals surface area contributed by atoms with Crippen LogP contribution >= 0.6 is 11.6 Å². The summed E-state index contributed by atoms with van der Waals surface area (Å²) in [5, 5.41) is 0.802. The van der Waals surface area contributed by atoms with E-state index in [1.54, 1.807) is 6.20 Å². The molecular weight excluding hydrogens is 300 g/mol. The number of hydrogen-bond acceptors (Lipinski definition) is 6. The van der Waals surface area contributed by atoms with Crippen molar-refractivity contribution in [3.63, 3.8) is 0 Å². The molecule has 1 fully saturated rings. The average Bonchev–Trinajstić information content (AvgIpc) is 2.50. The molecule has 4 N–H and O–H groups in total. The number of nitrogen functional groups attached to an aromatic ring is 2. The second-order valence-electron chi connectivity index (χ2n) is 5.41. The monoisotopic (exact) mass is 318 g/mol. The molecule has 1 aliphatic rings. The van der Waals surface area contributed by atoms with E-state index in [9.17, 15) is 0 Å². The number of nitrogens with zero attached hydrogens (tertiary/aromatic N) is 4. The van der Waals surface area contributed by atoms with Crippen molar-refractivity contribution >= 4 is 34.7 Å². The van der Waals surface area contributed by atoms with Crippen LogP contribution in [0, 0.1) is 6.92 Å². The fourth-order valence-electron chi connectivity index (χ4n) is 2.63. The molecule has 0 unspecified atom stereocenters. The Hall–Kier alpha value is -2.21. The van der Waals surface area contributed by atoms with E-state index in [0.29, 0.717) is 5.82 Å². The van der Waals surface area contributed by atoms with E-state index < -0.39 is 0 Å². The number of piperazine rings is 1. The molecule has 0 atom stereocenters. The maximum Gasteiger partial charge on any atom is 0.222 e. The van der Waals surface area contributed by atoms with Gasteiger partial charge in [0.05, 0.1) is 11.9 Å². The van der Waals surface area contributed by atoms with Crippen molar-refractivity contribution in [2.24, 2.45) is 0 Å². The van der Waals surface area contributed by atoms with E-state index in [4.69, 9.17) is 23.1 Å². The minimum atomic E-state index is 0.203. The quantitative estimate of drug-likeness (QED) is 0.880. The number of benzene rings is 1. The molecule has 1 aliphatic heterocycles. The molecule has 0 amide bonds. The zero-order valence-corrected chi connectivity index (χ0v) is 13.2. The Bertz CT molecular complexity index is 682. The van der Waals surface area contributed by atoms with Gasteiger partial charge in [-0.3, -0.25) is 0 Å². The molecule has 1 aromatic heterocycles. The lowest BCUT2D eigenvalue weighted by Gasteiger charge is -2.37. The van der Waals surface area contributed by atoms with Crippen molar-refractivity contribution in [1.29, 1.82) is 0 Å². The number of nitrogens with two attached hydrogens (primary N) is 2. The topological polar surface area (TPSA) is 84.3 Å². The van der Waals surface area contributed by atoms with Gasteiger partial charge < -0.3 is 21.3 Å². The van der Waals surface area contributed by atoms with Gasteiger partial charge in [0.15, 0.2) is 5.82 Å². The van der Waals surface area contributed by atoms with Gasteiger partial charge in [0, 0.05) is 36.9 Å². The number of aryl methyl sites for hydroxylation is 1. The second kappa shape index (κ2) is 5.88. The standard InChI is InChI=1S/C15H19ClN6/c1-10-2-3-11(8-12(10)16)21-4-6-22(7-5-21)13-9-19-15(18)20-14(13)17/h2-3,8-9H,4-7H2,1H3,(H4,17,18,19,20). The molecule has 0 radical (unpaired) electrons. The van der Waals surface area contributed by atoms with Gasteiger partial charge in [0.25, 0.3) is 0 Å². The lowest BCUT2D eigenvalue weighted by atomic mass is 10.2. The molecule has 22 heavy (non-hydrogen) atoms. The first-order valence-electron chi connectivity index (χ1n) is 7.18. The summed E-state index contributed by atoms with van der Waals surface area (Å²) in [5.41, 5.74) is 14.6. The normalized spacial score (nSPS) is 15.2. The molecule has 2 aromatic rings. The summed E-state index contributed by atoms with van der Waals surface area (Å²) in [6.45, 7) is 5.49. The molecule has 0 spiro atoms. The van der Waals surface area contributed by atoms with Gasteiger partial charge in [-0.2, -0.15) is 4.98 Å². The Morgan fingerprint density at radius 2 is 1.77 bits per heavy atom. The van der Waals surface area contributed by atoms with Gasteiger partial charge in [0.1, 0.15) is 0 Å². The van der Waals surface area contributed by atoms with E-state index in [1.807, 2.05) is 13.0 Å². The number of halogens is 1. The smallest absolute Gasteiger partial charge is 0.222 e. The second-order valence-corrected chi connectivity index (χ2v) is 5.81. The van der Waals surface area contributed by atoms with Crippen LogP contribution in [0.1, 0.15) is 5.56 Å². The summed E-state index contributed by atoms with van der Waals surface area (Å²) in [7, 11) is 0. The van der Waals surface area contributed by atoms with Crippen LogP contribution in [0.25, 0.3) is 0 Å². The van der Waals surface area contributed by atoms with Crippen LogP contribution in [-0.4, -0.2) is 36.1 Å². The average molecular weight is 319 g/mol. The van der Waals surface area contributed by atoms with Crippen LogP contribution in [0.15, 0.2) is 24.4 Å². The van der Waals surface area contributed by atoms with Crippen molar-refractivity contribution in [1.82, 2.24) is 9.97 Å². The van der Waals surface area contributed by atoms with E-state index in [0.717, 1.165) is 48.1 Å². The molecule has 6 nitrogen and oxygen atoms in total. The molecule has 1 aromatic carbocycles. The zero-order valence-electron chi connectivity index (χ0n) is 12.5. The molecule has 1 saturated heterocycles. The number of rotatable bonds is 2. The Morgan fingerprint density at radius 1 is 1.09 bits per heavy atom. The van der Waals surface area contributed by atoms with Crippen LogP contribution in [0.4, 0.5) is 23.1 Å². The van der Waals surface area contributed by atoms with Crippen molar-refractivity contribution in [3.05, 3.63) is 35.0 Å². The van der Waals surface area contributed by atoms with Crippen LogP contribution in [-0.2, 0) is 0 Å². The largest absolute Gasteiger partial charge is 0.382 e. The third-order valence-corrected chi connectivity index (χ3v) is 4.36. The van der Waals surface area contributed by atoms with E-state index >= 15 is 0 Å². The summed E-state index contributed by atoms with van der Waals surface area (Å²) in [5.74, 6) is 0.633. The fraction of sp³-hybridized carbons (Fsp3) is 0.333. The third kappa shape index (κ3) is 2.87. The highest BCUT2D eigenvalue weighted by Crippen LogP contribution is 2.26. The molecule has 0 aliphatic carbocycles. The third-order valence-electron chi connectivity index (χ3n) is 3.96. The Kier molecular flexibility index (Phi) is 3.94. The SMILES string of the molecule is Cc1ccc(N2CCN(c3cnc(N)nc3N)CC2)cc1Cl. The van der Waals surface area contributed by atoms with Crippen LogP contribution < -0.4 is 21.3 Å². The maximum absolute atomic E-state index is 6.21. The lowest BCUT2D eigenvalue weighted by Crippen LogP contribution is -2.46. The number of aromatic nitrogens is 2. The molecule has 2 heterocycles. The highest BCUT2D eigenvalue weighted by Gasteiger charge is 2.20. The molecule has 0 bridgehead atoms. The van der Waals surface area contributed by atoms with Crippen molar-refractivity contribution < 1.29 is 0 Å². The van der Waals surface area contributed by atoms with Crippen molar-refractivity contribution in [3.8, 4) is 0 Å². The van der Waals surface area contributed by atoms with Crippen LogP contribution in [0.5, 0.6) is 0 Å². The number of hydrogen-bond donors (Lipinski definition) is 2. The van der Waals surface area contributed by atoms with Gasteiger partial charge in [-0.25, -0.2) is 4.98 Å². The zero-order chi connectivity index (χ0) is 15.7. The summed E-state index contributed by atoms with van der Waals surface area (Å²) in [4.78, 5) is 12.5. The first kappa shape index (κ1) is 14.7. The summed E-state index contributed by atoms with van der Waals surface area (Å²) in [6.07, 6.45) is 1.69. The Morgan fingerprint density at radius 3 is 2.41 bits per heavy atom. The van der Waals surface area contributed by atoms with E-state index in [-0.39, 0.29) is 5.95 Å². The summed E-state index contributed by atoms with van der Waals surface area (Å²) < 4.78 is 0. The molecule has 0 saturated carbocycles. The summed E-state index contributed by atoms with van der Waals surface area (Å²) in [6, 6.07) is 6.18. The highest BCUT2D eigenvalue weighted by atomic mass is 35.5. The molecule has 7 heteroatoms. The molecule has 116 valence electrons. The minimum absolute atomic E-state index is 0.203. The predicted molar refractivity (Wildman–Crippen MR) is 91.5 cm³/mol. The van der Waals surface area contributed by atoms with E-state index in [2.05, 4.69) is 31.9 Å². The lowest BCUT2D eigenvalue weighted by molar-refractivity contribution is 0.652. The fourth-order valence-corrected chi connectivity index (χ4v) is 2.81. The van der Waals surface area contributed by atoms with Gasteiger partial charge in [-0.1, -0.05) is 17.7 Å². The predicted octanol–water partition coefficient (Wildman–Crippen LogP) is 1.93. The Labute approximate surface area is 134 Å². The van der Waals surface area contributed by atoms with Crippen molar-refractivity contribution in [2.75, 3.05) is 47.4 Å². The maximum atomic E-state index is 6.21. The first-order chi connectivity index (χ1) is 10.5. The highest BCUT2D eigenvalue weighted by molar-refractivity contribution is 6.31. The van der Waals surface area contributed by atoms with Crippen LogP contribution in [0.2, 0.25) is 5.02 Å². The van der Waals surface area contributed by atoms with Gasteiger partial charge >= 0.3 is 0 Å². The van der Waals surface area contributed by atoms with E-state index in [1.165, 1.54) is 0 Å². The van der Waals surface area contributed by atoms with Gasteiger partial charge in [-0.05, 0) is 24.6 Å². The molecule has 3 rings (SSSR count). The summed E-state index contributed by atoms with van der Waals surface area (Å²) >= 11 is 6.21. The van der Waals surface area contributed by atoms with Crippen molar-refractivity contribution in [2.45, 2.75) is 6.92 Å². The first-order valence-corrected chi connectivity index (χ1v) is 7.56. The number of anilines is 4. The van der Waals surface area contributed by atoms with Gasteiger partial charge in [0.2, 0.25) is 5.95 Å². The Balaban J connectivity index is 1.70. The van der Waals surface area contributed by atoms with Crippen LogP contribution in [0.3, 0.4) is 0 Å². The molecular formula is C15H19ClN6. The minimum Gasteiger partial charge on any atom is -0.382 e.